The average molecular weight is 247 g/mol. The fourth-order valence-corrected chi connectivity index (χ4v) is 3.11. The van der Waals surface area contributed by atoms with Gasteiger partial charge in [-0.15, -0.1) is 11.6 Å². The van der Waals surface area contributed by atoms with Gasteiger partial charge in [-0.1, -0.05) is 24.6 Å². The van der Waals surface area contributed by atoms with Crippen LogP contribution in [-0.2, 0) is 9.84 Å². The van der Waals surface area contributed by atoms with Gasteiger partial charge in [-0.3, -0.25) is 0 Å². The zero-order valence-corrected chi connectivity index (χ0v) is 10.5. The molecule has 0 aromatic heterocycles. The summed E-state index contributed by atoms with van der Waals surface area (Å²) in [6.07, 6.45) is 0. The van der Waals surface area contributed by atoms with Gasteiger partial charge in [0.25, 0.3) is 0 Å². The monoisotopic (exact) mass is 246 g/mol. The molecule has 0 radical (unpaired) electrons. The van der Waals surface area contributed by atoms with E-state index in [-0.39, 0.29) is 11.7 Å². The van der Waals surface area contributed by atoms with Crippen LogP contribution in [0, 0.1) is 12.8 Å². The largest absolute Gasteiger partial charge is 0.224 e. The third-order valence-corrected chi connectivity index (χ3v) is 4.67. The van der Waals surface area contributed by atoms with E-state index in [9.17, 15) is 8.42 Å². The third-order valence-electron chi connectivity index (χ3n) is 2.15. The molecule has 1 rings (SSSR count). The molecule has 0 bridgehead atoms. The number of benzene rings is 1. The van der Waals surface area contributed by atoms with E-state index >= 15 is 0 Å². The predicted molar refractivity (Wildman–Crippen MR) is 63.1 cm³/mol. The lowest BCUT2D eigenvalue weighted by Gasteiger charge is -2.08. The van der Waals surface area contributed by atoms with Gasteiger partial charge in [0.2, 0.25) is 0 Å². The molecule has 0 spiro atoms. The zero-order chi connectivity index (χ0) is 11.5. The van der Waals surface area contributed by atoms with Crippen molar-refractivity contribution in [1.29, 1.82) is 0 Å². The fraction of sp³-hybridized carbons (Fsp3) is 0.455. The van der Waals surface area contributed by atoms with E-state index in [1.54, 1.807) is 24.3 Å². The minimum atomic E-state index is -3.17. The van der Waals surface area contributed by atoms with Gasteiger partial charge in [-0.05, 0) is 25.0 Å². The van der Waals surface area contributed by atoms with Crippen molar-refractivity contribution < 1.29 is 8.42 Å². The first-order valence-electron chi connectivity index (χ1n) is 4.81. The van der Waals surface area contributed by atoms with E-state index in [1.165, 1.54) is 0 Å². The molecule has 0 amide bonds. The second-order valence-corrected chi connectivity index (χ2v) is 6.20. The van der Waals surface area contributed by atoms with Gasteiger partial charge in [0.05, 0.1) is 10.6 Å². The summed E-state index contributed by atoms with van der Waals surface area (Å²) in [6.45, 7) is 3.76. The highest BCUT2D eigenvalue weighted by Crippen LogP contribution is 2.15. The van der Waals surface area contributed by atoms with E-state index < -0.39 is 9.84 Å². The molecule has 1 unspecified atom stereocenters. The first kappa shape index (κ1) is 12.5. The summed E-state index contributed by atoms with van der Waals surface area (Å²) in [5, 5.41) is 0. The Balaban J connectivity index is 2.91. The number of hydrogen-bond acceptors (Lipinski definition) is 2. The lowest BCUT2D eigenvalue weighted by molar-refractivity contribution is 0.583. The number of hydrogen-bond donors (Lipinski definition) is 0. The van der Waals surface area contributed by atoms with Gasteiger partial charge >= 0.3 is 0 Å². The molecule has 0 saturated heterocycles. The minimum Gasteiger partial charge on any atom is -0.224 e. The highest BCUT2D eigenvalue weighted by atomic mass is 35.5. The molecule has 0 N–H and O–H groups in total. The highest BCUT2D eigenvalue weighted by Gasteiger charge is 2.17. The summed E-state index contributed by atoms with van der Waals surface area (Å²) in [5.74, 6) is 0.461. The number of rotatable bonds is 4. The normalized spacial score (nSPS) is 13.8. The molecule has 0 heterocycles. The second kappa shape index (κ2) is 4.99. The summed E-state index contributed by atoms with van der Waals surface area (Å²) in [4.78, 5) is 0.380. The highest BCUT2D eigenvalue weighted by molar-refractivity contribution is 7.91. The molecule has 0 aliphatic rings. The Bertz CT molecular complexity index is 409. The Kier molecular flexibility index (Phi) is 4.17. The predicted octanol–water partition coefficient (Wildman–Crippen LogP) is 2.64. The van der Waals surface area contributed by atoms with Crippen LogP contribution < -0.4 is 0 Å². The van der Waals surface area contributed by atoms with Crippen LogP contribution in [0.25, 0.3) is 0 Å². The molecule has 84 valence electrons. The Hall–Kier alpha value is -0.540. The maximum absolute atomic E-state index is 11.9. The van der Waals surface area contributed by atoms with Crippen molar-refractivity contribution in [1.82, 2.24) is 0 Å². The Morgan fingerprint density at radius 2 is 1.80 bits per heavy atom. The molecular weight excluding hydrogens is 232 g/mol. The van der Waals surface area contributed by atoms with Crippen molar-refractivity contribution in [2.75, 3.05) is 11.6 Å². The maximum atomic E-state index is 11.9. The molecule has 1 aromatic rings. The van der Waals surface area contributed by atoms with Crippen LogP contribution in [0.4, 0.5) is 0 Å². The van der Waals surface area contributed by atoms with E-state index in [4.69, 9.17) is 11.6 Å². The van der Waals surface area contributed by atoms with E-state index in [0.717, 1.165) is 5.56 Å². The minimum absolute atomic E-state index is 0.0158. The lowest BCUT2D eigenvalue weighted by Crippen LogP contribution is -2.15. The number of halogens is 1. The molecule has 4 heteroatoms. The molecule has 1 aromatic carbocycles. The van der Waals surface area contributed by atoms with Gasteiger partial charge in [0.1, 0.15) is 0 Å². The molecule has 1 atom stereocenters. The van der Waals surface area contributed by atoms with Gasteiger partial charge in [0.15, 0.2) is 9.84 Å². The third kappa shape index (κ3) is 3.50. The number of alkyl halides is 1. The molecule has 0 aliphatic heterocycles. The summed E-state index contributed by atoms with van der Waals surface area (Å²) in [7, 11) is -3.17. The zero-order valence-electron chi connectivity index (χ0n) is 8.90. The Labute approximate surface area is 96.2 Å². The smallest absolute Gasteiger partial charge is 0.178 e. The van der Waals surface area contributed by atoms with Crippen LogP contribution >= 0.6 is 11.6 Å². The fourth-order valence-electron chi connectivity index (χ4n) is 1.26. The SMILES string of the molecule is Cc1ccc(S(=O)(=O)CC(C)CCl)cc1. The van der Waals surface area contributed by atoms with Gasteiger partial charge in [-0.2, -0.15) is 0 Å². The van der Waals surface area contributed by atoms with Crippen molar-refractivity contribution in [3.8, 4) is 0 Å². The van der Waals surface area contributed by atoms with Crippen molar-refractivity contribution in [3.63, 3.8) is 0 Å². The maximum Gasteiger partial charge on any atom is 0.178 e. The molecule has 2 nitrogen and oxygen atoms in total. The van der Waals surface area contributed by atoms with Crippen LogP contribution in [0.3, 0.4) is 0 Å². The van der Waals surface area contributed by atoms with Crippen LogP contribution in [0.2, 0.25) is 0 Å². The first-order valence-corrected chi connectivity index (χ1v) is 7.00. The molecular formula is C11H15ClO2S. The number of sulfone groups is 1. The molecule has 0 saturated carbocycles. The van der Waals surface area contributed by atoms with Gasteiger partial charge < -0.3 is 0 Å². The van der Waals surface area contributed by atoms with Crippen LogP contribution in [0.15, 0.2) is 29.2 Å². The Morgan fingerprint density at radius 1 is 1.27 bits per heavy atom. The summed E-state index contributed by atoms with van der Waals surface area (Å²) < 4.78 is 23.7. The summed E-state index contributed by atoms with van der Waals surface area (Å²) in [6, 6.07) is 6.90. The summed E-state index contributed by atoms with van der Waals surface area (Å²) >= 11 is 5.61. The van der Waals surface area contributed by atoms with Crippen LogP contribution in [0.1, 0.15) is 12.5 Å². The summed E-state index contributed by atoms with van der Waals surface area (Å²) in [5.41, 5.74) is 1.05. The quantitative estimate of drug-likeness (QED) is 0.766. The van der Waals surface area contributed by atoms with Crippen LogP contribution in [-0.4, -0.2) is 20.1 Å². The first-order chi connectivity index (χ1) is 6.95. The Morgan fingerprint density at radius 3 is 2.27 bits per heavy atom. The average Bonchev–Trinajstić information content (AvgIpc) is 2.17. The van der Waals surface area contributed by atoms with Crippen molar-refractivity contribution in [2.24, 2.45) is 5.92 Å². The standard InChI is InChI=1S/C11H15ClO2S/c1-9-3-5-11(6-4-9)15(13,14)8-10(2)7-12/h3-6,10H,7-8H2,1-2H3. The van der Waals surface area contributed by atoms with Crippen LogP contribution in [0.5, 0.6) is 0 Å². The lowest BCUT2D eigenvalue weighted by atomic mass is 10.2. The number of aryl methyl sites for hydroxylation is 1. The molecule has 15 heavy (non-hydrogen) atoms. The van der Waals surface area contributed by atoms with Crippen molar-refractivity contribution in [3.05, 3.63) is 29.8 Å². The van der Waals surface area contributed by atoms with Crippen molar-refractivity contribution in [2.45, 2.75) is 18.7 Å². The topological polar surface area (TPSA) is 34.1 Å². The molecule has 0 fully saturated rings. The molecule has 0 aliphatic carbocycles. The van der Waals surface area contributed by atoms with E-state index in [0.29, 0.717) is 10.8 Å². The van der Waals surface area contributed by atoms with Gasteiger partial charge in [-0.25, -0.2) is 8.42 Å². The second-order valence-electron chi connectivity index (χ2n) is 3.85. The van der Waals surface area contributed by atoms with Gasteiger partial charge in [0, 0.05) is 5.88 Å². The van der Waals surface area contributed by atoms with E-state index in [2.05, 4.69) is 0 Å². The van der Waals surface area contributed by atoms with E-state index in [1.807, 2.05) is 13.8 Å². The van der Waals surface area contributed by atoms with Crippen molar-refractivity contribution >= 4 is 21.4 Å².